The molecule has 34 heavy (non-hydrogen) atoms. The van der Waals surface area contributed by atoms with Gasteiger partial charge in [0.25, 0.3) is 0 Å². The van der Waals surface area contributed by atoms with Gasteiger partial charge in [0.1, 0.15) is 0 Å². The van der Waals surface area contributed by atoms with E-state index in [0.29, 0.717) is 0 Å². The molecular formula is C32H26N2. The summed E-state index contributed by atoms with van der Waals surface area (Å²) in [5.74, 6) is 0. The van der Waals surface area contributed by atoms with Crippen LogP contribution in [0.1, 0.15) is 20.8 Å². The molecule has 0 unspecified atom stereocenters. The van der Waals surface area contributed by atoms with Crippen LogP contribution in [-0.4, -0.2) is 9.13 Å². The summed E-state index contributed by atoms with van der Waals surface area (Å²) in [5.41, 5.74) is 6.22. The van der Waals surface area contributed by atoms with Crippen LogP contribution in [0.2, 0.25) is 0 Å². The van der Waals surface area contributed by atoms with Gasteiger partial charge in [0.05, 0.1) is 22.1 Å². The molecular weight excluding hydrogens is 412 g/mol. The van der Waals surface area contributed by atoms with Gasteiger partial charge in [-0.05, 0) is 56.5 Å². The average Bonchev–Trinajstić information content (AvgIpc) is 3.35. The fourth-order valence-corrected chi connectivity index (χ4v) is 5.79. The maximum Gasteiger partial charge on any atom is 0.0576 e. The maximum atomic E-state index is 2.55. The molecule has 2 aromatic heterocycles. The normalized spacial score (nSPS) is 12.6. The number of hydrogen-bond acceptors (Lipinski definition) is 0. The number of benzene rings is 5. The van der Waals surface area contributed by atoms with Crippen molar-refractivity contribution >= 4 is 54.4 Å². The van der Waals surface area contributed by atoms with Gasteiger partial charge in [-0.2, -0.15) is 0 Å². The quantitative estimate of drug-likeness (QED) is 0.242. The first-order valence-electron chi connectivity index (χ1n) is 12.0. The largest absolute Gasteiger partial charge is 0.335 e. The van der Waals surface area contributed by atoms with E-state index in [-0.39, 0.29) is 5.54 Å². The molecule has 0 bridgehead atoms. The molecule has 0 aliphatic carbocycles. The van der Waals surface area contributed by atoms with Gasteiger partial charge in [0.2, 0.25) is 0 Å². The zero-order chi connectivity index (χ0) is 23.0. The van der Waals surface area contributed by atoms with E-state index in [1.54, 1.807) is 0 Å². The van der Waals surface area contributed by atoms with E-state index in [1.807, 2.05) is 0 Å². The number of fused-ring (bicyclic) bond motifs is 8. The van der Waals surface area contributed by atoms with Crippen molar-refractivity contribution in [1.82, 2.24) is 9.13 Å². The smallest absolute Gasteiger partial charge is 0.0576 e. The second-order valence-corrected chi connectivity index (χ2v) is 10.3. The number of aromatic nitrogens is 2. The van der Waals surface area contributed by atoms with Crippen LogP contribution in [-0.2, 0) is 5.54 Å². The van der Waals surface area contributed by atoms with Gasteiger partial charge >= 0.3 is 0 Å². The van der Waals surface area contributed by atoms with Crippen molar-refractivity contribution in [1.29, 1.82) is 0 Å². The van der Waals surface area contributed by atoms with Gasteiger partial charge in [0.15, 0.2) is 0 Å². The molecule has 0 atom stereocenters. The number of hydrogen-bond donors (Lipinski definition) is 0. The molecule has 0 saturated heterocycles. The molecule has 0 aliphatic rings. The summed E-state index contributed by atoms with van der Waals surface area (Å²) in [4.78, 5) is 0. The van der Waals surface area contributed by atoms with E-state index in [1.165, 1.54) is 60.1 Å². The minimum absolute atomic E-state index is 0.0681. The highest BCUT2D eigenvalue weighted by Crippen LogP contribution is 2.42. The van der Waals surface area contributed by atoms with Crippen molar-refractivity contribution in [3.63, 3.8) is 0 Å². The van der Waals surface area contributed by atoms with Gasteiger partial charge < -0.3 is 9.13 Å². The predicted octanol–water partition coefficient (Wildman–Crippen LogP) is 8.80. The standard InChI is InChI=1S/C32H26N2/c1-32(2,3)34-30-20-29-26(19-27(30)25-18-17-21-11-7-8-14-23(21)31(25)34)24-15-9-10-16-28(24)33(29)22-12-5-4-6-13-22/h4-20H,1-3H3. The second-order valence-electron chi connectivity index (χ2n) is 10.3. The van der Waals surface area contributed by atoms with Crippen molar-refractivity contribution in [2.24, 2.45) is 0 Å². The van der Waals surface area contributed by atoms with E-state index in [0.717, 1.165) is 0 Å². The van der Waals surface area contributed by atoms with Gasteiger partial charge in [-0.15, -0.1) is 0 Å². The zero-order valence-electron chi connectivity index (χ0n) is 19.7. The first kappa shape index (κ1) is 19.4. The van der Waals surface area contributed by atoms with Gasteiger partial charge in [0, 0.05) is 38.2 Å². The lowest BCUT2D eigenvalue weighted by atomic mass is 10.0. The Kier molecular flexibility index (Phi) is 3.85. The summed E-state index contributed by atoms with van der Waals surface area (Å²) in [5, 5.41) is 7.83. The molecule has 2 nitrogen and oxygen atoms in total. The molecule has 5 aromatic carbocycles. The number of rotatable bonds is 1. The fraction of sp³-hybridized carbons (Fsp3) is 0.125. The molecule has 0 radical (unpaired) electrons. The average molecular weight is 439 g/mol. The van der Waals surface area contributed by atoms with Gasteiger partial charge in [-0.3, -0.25) is 0 Å². The van der Waals surface area contributed by atoms with Crippen LogP contribution < -0.4 is 0 Å². The maximum absolute atomic E-state index is 2.55. The molecule has 0 amide bonds. The third kappa shape index (κ3) is 2.57. The van der Waals surface area contributed by atoms with Crippen LogP contribution in [0, 0.1) is 0 Å². The van der Waals surface area contributed by atoms with Crippen LogP contribution >= 0.6 is 0 Å². The van der Waals surface area contributed by atoms with Crippen LogP contribution in [0.3, 0.4) is 0 Å². The molecule has 0 fully saturated rings. The lowest BCUT2D eigenvalue weighted by Gasteiger charge is -2.25. The highest BCUT2D eigenvalue weighted by molar-refractivity contribution is 6.22. The first-order chi connectivity index (χ1) is 16.5. The van der Waals surface area contributed by atoms with Crippen molar-refractivity contribution in [2.75, 3.05) is 0 Å². The molecule has 2 heterocycles. The van der Waals surface area contributed by atoms with E-state index >= 15 is 0 Å². The minimum atomic E-state index is -0.0681. The lowest BCUT2D eigenvalue weighted by Crippen LogP contribution is -2.21. The van der Waals surface area contributed by atoms with Crippen molar-refractivity contribution < 1.29 is 0 Å². The molecule has 0 saturated carbocycles. The number of para-hydroxylation sites is 2. The topological polar surface area (TPSA) is 9.86 Å². The first-order valence-corrected chi connectivity index (χ1v) is 12.0. The fourth-order valence-electron chi connectivity index (χ4n) is 5.79. The number of nitrogens with zero attached hydrogens (tertiary/aromatic N) is 2. The third-order valence-electron chi connectivity index (χ3n) is 7.13. The van der Waals surface area contributed by atoms with Crippen LogP contribution in [0.15, 0.2) is 103 Å². The Labute approximate surface area is 198 Å². The van der Waals surface area contributed by atoms with Gasteiger partial charge in [-0.1, -0.05) is 72.8 Å². The summed E-state index contributed by atoms with van der Waals surface area (Å²) in [6.45, 7) is 6.93. The van der Waals surface area contributed by atoms with Gasteiger partial charge in [-0.25, -0.2) is 0 Å². The highest BCUT2D eigenvalue weighted by atomic mass is 15.1. The van der Waals surface area contributed by atoms with Crippen molar-refractivity contribution in [3.05, 3.63) is 103 Å². The Bertz CT molecular complexity index is 1880. The molecule has 2 heteroatoms. The van der Waals surface area contributed by atoms with Crippen LogP contribution in [0.25, 0.3) is 60.1 Å². The Balaban J connectivity index is 1.75. The zero-order valence-corrected chi connectivity index (χ0v) is 19.7. The van der Waals surface area contributed by atoms with Crippen LogP contribution in [0.4, 0.5) is 0 Å². The summed E-state index contributed by atoms with van der Waals surface area (Å²) in [6, 6.07) is 37.6. The molecule has 164 valence electrons. The Morgan fingerprint density at radius 1 is 0.500 bits per heavy atom. The van der Waals surface area contributed by atoms with E-state index < -0.39 is 0 Å². The molecule has 7 rings (SSSR count). The molecule has 7 aromatic rings. The molecule has 0 spiro atoms. The Hall–Kier alpha value is -4.04. The SMILES string of the molecule is CC(C)(C)n1c2cc3c(cc2c2ccc4ccccc4c21)c1ccccc1n3-c1ccccc1. The molecule has 0 aliphatic heterocycles. The predicted molar refractivity (Wildman–Crippen MR) is 146 cm³/mol. The summed E-state index contributed by atoms with van der Waals surface area (Å²) in [7, 11) is 0. The minimum Gasteiger partial charge on any atom is -0.335 e. The van der Waals surface area contributed by atoms with Crippen LogP contribution in [0.5, 0.6) is 0 Å². The monoisotopic (exact) mass is 438 g/mol. The highest BCUT2D eigenvalue weighted by Gasteiger charge is 2.24. The van der Waals surface area contributed by atoms with E-state index in [4.69, 9.17) is 0 Å². The Morgan fingerprint density at radius 3 is 1.97 bits per heavy atom. The Morgan fingerprint density at radius 2 is 1.18 bits per heavy atom. The summed E-state index contributed by atoms with van der Waals surface area (Å²) >= 11 is 0. The molecule has 0 N–H and O–H groups in total. The van der Waals surface area contributed by atoms with E-state index in [9.17, 15) is 0 Å². The second kappa shape index (κ2) is 6.74. The van der Waals surface area contributed by atoms with Crippen molar-refractivity contribution in [2.45, 2.75) is 26.3 Å². The lowest BCUT2D eigenvalue weighted by molar-refractivity contribution is 0.424. The summed E-state index contributed by atoms with van der Waals surface area (Å²) < 4.78 is 4.96. The third-order valence-corrected chi connectivity index (χ3v) is 7.13. The van der Waals surface area contributed by atoms with Crippen molar-refractivity contribution in [3.8, 4) is 5.69 Å². The summed E-state index contributed by atoms with van der Waals surface area (Å²) in [6.07, 6.45) is 0. The van der Waals surface area contributed by atoms with E-state index in [2.05, 4.69) is 133 Å².